The molecule has 2 aromatic rings. The van der Waals surface area contributed by atoms with Crippen molar-refractivity contribution in [3.05, 3.63) is 63.7 Å². The van der Waals surface area contributed by atoms with E-state index in [0.717, 1.165) is 29.3 Å². The van der Waals surface area contributed by atoms with Crippen molar-refractivity contribution in [1.82, 2.24) is 4.48 Å². The fourth-order valence-corrected chi connectivity index (χ4v) is 3.51. The number of benzene rings is 2. The summed E-state index contributed by atoms with van der Waals surface area (Å²) in [4.78, 5) is 27.2. The van der Waals surface area contributed by atoms with Crippen LogP contribution in [0, 0.1) is 10.1 Å². The number of carbonyl (C=O) groups excluding carboxylic acids is 1. The molecule has 0 aliphatic carbocycles. The van der Waals surface area contributed by atoms with Gasteiger partial charge in [-0.2, -0.15) is 4.99 Å². The van der Waals surface area contributed by atoms with E-state index in [2.05, 4.69) is 6.92 Å². The minimum Gasteiger partial charge on any atom is -0.462 e. The van der Waals surface area contributed by atoms with E-state index >= 15 is 0 Å². The summed E-state index contributed by atoms with van der Waals surface area (Å²) in [6.07, 6.45) is 0. The minimum atomic E-state index is -0.400. The highest BCUT2D eigenvalue weighted by Crippen LogP contribution is 2.42. The molecule has 27 heavy (non-hydrogen) atoms. The molecule has 7 nitrogen and oxygen atoms in total. The first kappa shape index (κ1) is 18.7. The maximum absolute atomic E-state index is 12.0. The van der Waals surface area contributed by atoms with E-state index in [1.54, 1.807) is 31.2 Å². The van der Waals surface area contributed by atoms with Crippen LogP contribution in [0.1, 0.15) is 36.7 Å². The van der Waals surface area contributed by atoms with Crippen molar-refractivity contribution in [2.75, 3.05) is 13.2 Å². The molecule has 0 N–H and O–H groups in total. The predicted octanol–water partition coefficient (Wildman–Crippen LogP) is 4.36. The SMILES string of the molecule is CCOC(=O)c1ccc2c(c1)N=C(C)[N+]2(CC)Cc1ccc([N+](=O)[O-])cc1. The number of nitrogens with zero attached hydrogens (tertiary/aromatic N) is 3. The molecule has 140 valence electrons. The molecule has 1 atom stereocenters. The van der Waals surface area contributed by atoms with Crippen LogP contribution in [-0.4, -0.2) is 29.9 Å². The lowest BCUT2D eigenvalue weighted by molar-refractivity contribution is -0.384. The second-order valence-corrected chi connectivity index (χ2v) is 6.45. The van der Waals surface area contributed by atoms with Crippen LogP contribution in [0.15, 0.2) is 47.5 Å². The van der Waals surface area contributed by atoms with E-state index in [9.17, 15) is 14.9 Å². The highest BCUT2D eigenvalue weighted by Gasteiger charge is 2.40. The lowest BCUT2D eigenvalue weighted by Gasteiger charge is -2.33. The smallest absolute Gasteiger partial charge is 0.338 e. The zero-order chi connectivity index (χ0) is 19.6. The molecule has 1 aliphatic heterocycles. The molecule has 0 bridgehead atoms. The molecule has 1 unspecified atom stereocenters. The number of nitro groups is 1. The van der Waals surface area contributed by atoms with Crippen molar-refractivity contribution < 1.29 is 14.5 Å². The summed E-state index contributed by atoms with van der Waals surface area (Å²) in [5, 5.41) is 10.9. The highest BCUT2D eigenvalue weighted by molar-refractivity contribution is 6.02. The predicted molar refractivity (Wildman–Crippen MR) is 104 cm³/mol. The zero-order valence-corrected chi connectivity index (χ0v) is 15.6. The van der Waals surface area contributed by atoms with Gasteiger partial charge in [-0.25, -0.2) is 9.28 Å². The molecule has 0 saturated heterocycles. The summed E-state index contributed by atoms with van der Waals surface area (Å²) in [6.45, 7) is 7.56. The summed E-state index contributed by atoms with van der Waals surface area (Å²) in [5.41, 5.74) is 3.33. The van der Waals surface area contributed by atoms with Crippen LogP contribution in [0.3, 0.4) is 0 Å². The first-order chi connectivity index (χ1) is 12.9. The highest BCUT2D eigenvalue weighted by atomic mass is 16.6. The third-order valence-electron chi connectivity index (χ3n) is 4.99. The minimum absolute atomic E-state index is 0.0769. The molecule has 1 heterocycles. The fourth-order valence-electron chi connectivity index (χ4n) is 3.51. The largest absolute Gasteiger partial charge is 0.462 e. The van der Waals surface area contributed by atoms with E-state index < -0.39 is 4.92 Å². The lowest BCUT2D eigenvalue weighted by atomic mass is 10.1. The number of quaternary nitrogens is 1. The summed E-state index contributed by atoms with van der Waals surface area (Å²) in [5.74, 6) is 0.567. The number of ether oxygens (including phenoxy) is 1. The van der Waals surface area contributed by atoms with E-state index in [4.69, 9.17) is 9.73 Å². The van der Waals surface area contributed by atoms with Crippen LogP contribution in [0.4, 0.5) is 17.1 Å². The molecule has 2 aromatic carbocycles. The third-order valence-corrected chi connectivity index (χ3v) is 4.99. The van der Waals surface area contributed by atoms with Crippen molar-refractivity contribution in [1.29, 1.82) is 0 Å². The number of hydrogen-bond acceptors (Lipinski definition) is 5. The standard InChI is InChI=1S/C20H22N3O4/c1-4-23(13-15-6-9-17(10-7-15)22(25)26)14(3)21-18-12-16(8-11-19(18)23)20(24)27-5-2/h6-12H,4-5,13H2,1-3H3/q+1. The van der Waals surface area contributed by atoms with Gasteiger partial charge in [0.05, 0.1) is 23.6 Å². The molecule has 3 rings (SSSR count). The zero-order valence-electron chi connectivity index (χ0n) is 15.6. The number of aliphatic imine (C=N–C) groups is 1. The summed E-state index contributed by atoms with van der Waals surface area (Å²) < 4.78 is 5.60. The van der Waals surface area contributed by atoms with Crippen LogP contribution >= 0.6 is 0 Å². The number of fused-ring (bicyclic) bond motifs is 1. The maximum Gasteiger partial charge on any atom is 0.338 e. The summed E-state index contributed by atoms with van der Waals surface area (Å²) in [7, 11) is 0. The van der Waals surface area contributed by atoms with Crippen LogP contribution in [0.2, 0.25) is 0 Å². The Labute approximate surface area is 157 Å². The van der Waals surface area contributed by atoms with Gasteiger partial charge in [0.15, 0.2) is 5.69 Å². The Morgan fingerprint density at radius 2 is 1.89 bits per heavy atom. The monoisotopic (exact) mass is 368 g/mol. The van der Waals surface area contributed by atoms with Gasteiger partial charge in [-0.15, -0.1) is 0 Å². The van der Waals surface area contributed by atoms with E-state index in [-0.39, 0.29) is 11.7 Å². The molecular formula is C20H22N3O4+. The average Bonchev–Trinajstić information content (AvgIpc) is 2.93. The van der Waals surface area contributed by atoms with Crippen LogP contribution in [0.25, 0.3) is 0 Å². The molecular weight excluding hydrogens is 346 g/mol. The molecule has 0 amide bonds. The Morgan fingerprint density at radius 1 is 1.19 bits per heavy atom. The van der Waals surface area contributed by atoms with Gasteiger partial charge in [0.1, 0.15) is 12.2 Å². The number of nitro benzene ring substituents is 1. The van der Waals surface area contributed by atoms with Gasteiger partial charge < -0.3 is 4.74 Å². The Balaban J connectivity index is 1.96. The number of esters is 1. The number of rotatable bonds is 6. The van der Waals surface area contributed by atoms with Gasteiger partial charge >= 0.3 is 5.97 Å². The van der Waals surface area contributed by atoms with Crippen molar-refractivity contribution in [2.24, 2.45) is 4.99 Å². The number of amidine groups is 1. The Hall–Kier alpha value is -3.06. The van der Waals surface area contributed by atoms with Crippen molar-refractivity contribution in [2.45, 2.75) is 27.3 Å². The summed E-state index contributed by atoms with van der Waals surface area (Å²) in [6, 6.07) is 12.1. The lowest BCUT2D eigenvalue weighted by Crippen LogP contribution is -2.50. The van der Waals surface area contributed by atoms with Crippen molar-refractivity contribution >= 4 is 28.9 Å². The van der Waals surface area contributed by atoms with Crippen molar-refractivity contribution in [3.63, 3.8) is 0 Å². The Kier molecular flexibility index (Phi) is 5.05. The Morgan fingerprint density at radius 3 is 2.48 bits per heavy atom. The number of non-ortho nitro benzene ring substituents is 1. The van der Waals surface area contributed by atoms with Gasteiger partial charge in [0, 0.05) is 30.7 Å². The molecule has 1 aliphatic rings. The molecule has 7 heteroatoms. The van der Waals surface area contributed by atoms with Crippen LogP contribution < -0.4 is 4.48 Å². The third kappa shape index (κ3) is 3.33. The average molecular weight is 368 g/mol. The van der Waals surface area contributed by atoms with E-state index in [0.29, 0.717) is 23.2 Å². The van der Waals surface area contributed by atoms with Crippen LogP contribution in [0.5, 0.6) is 0 Å². The second-order valence-electron chi connectivity index (χ2n) is 6.45. The van der Waals surface area contributed by atoms with E-state index in [1.165, 1.54) is 12.1 Å². The molecule has 0 fully saturated rings. The van der Waals surface area contributed by atoms with Gasteiger partial charge in [-0.1, -0.05) is 0 Å². The molecule has 0 radical (unpaired) electrons. The normalized spacial score (nSPS) is 18.0. The number of carbonyl (C=O) groups is 1. The van der Waals surface area contributed by atoms with E-state index in [1.807, 2.05) is 13.0 Å². The molecule has 0 saturated carbocycles. The topological polar surface area (TPSA) is 81.8 Å². The first-order valence-electron chi connectivity index (χ1n) is 8.89. The maximum atomic E-state index is 12.0. The van der Waals surface area contributed by atoms with Gasteiger partial charge in [0.25, 0.3) is 5.69 Å². The van der Waals surface area contributed by atoms with Crippen LogP contribution in [-0.2, 0) is 11.3 Å². The van der Waals surface area contributed by atoms with Gasteiger partial charge in [-0.3, -0.25) is 10.1 Å². The fraction of sp³-hybridized carbons (Fsp3) is 0.300. The second kappa shape index (κ2) is 7.28. The van der Waals surface area contributed by atoms with Crippen molar-refractivity contribution in [3.8, 4) is 0 Å². The quantitative estimate of drug-likeness (QED) is 0.328. The number of hydrogen-bond donors (Lipinski definition) is 0. The molecule has 0 aromatic heterocycles. The first-order valence-corrected chi connectivity index (χ1v) is 8.89. The Bertz CT molecular complexity index is 921. The van der Waals surface area contributed by atoms with Gasteiger partial charge in [0.2, 0.25) is 5.84 Å². The summed E-state index contributed by atoms with van der Waals surface area (Å²) >= 11 is 0. The van der Waals surface area contributed by atoms with Gasteiger partial charge in [-0.05, 0) is 38.1 Å². The molecule has 0 spiro atoms.